The molecule has 5 rings (SSSR count). The smallest absolute Gasteiger partial charge is 0.305 e. The van der Waals surface area contributed by atoms with Gasteiger partial charge in [0.05, 0.1) is 18.6 Å². The van der Waals surface area contributed by atoms with Crippen LogP contribution in [0.5, 0.6) is 0 Å². The van der Waals surface area contributed by atoms with Gasteiger partial charge in [0.2, 0.25) is 0 Å². The van der Waals surface area contributed by atoms with Gasteiger partial charge in [-0.25, -0.2) is 4.39 Å². The Morgan fingerprint density at radius 1 is 0.978 bits per heavy atom. The fourth-order valence-electron chi connectivity index (χ4n) is 6.45. The molecule has 1 aliphatic rings. The van der Waals surface area contributed by atoms with Gasteiger partial charge in [-0.15, -0.1) is 0 Å². The van der Waals surface area contributed by atoms with Gasteiger partial charge < -0.3 is 24.5 Å². The van der Waals surface area contributed by atoms with Crippen molar-refractivity contribution in [3.8, 4) is 22.3 Å². The van der Waals surface area contributed by atoms with Gasteiger partial charge in [0, 0.05) is 48.2 Å². The van der Waals surface area contributed by atoms with Crippen molar-refractivity contribution in [3.05, 3.63) is 102 Å². The van der Waals surface area contributed by atoms with E-state index < -0.39 is 17.9 Å². The first-order valence-corrected chi connectivity index (χ1v) is 15.9. The zero-order valence-corrected chi connectivity index (χ0v) is 26.8. The Kier molecular flexibility index (Phi) is 10.3. The molecule has 0 bridgehead atoms. The van der Waals surface area contributed by atoms with Crippen molar-refractivity contribution in [2.45, 2.75) is 83.8 Å². The van der Waals surface area contributed by atoms with E-state index in [4.69, 9.17) is 9.47 Å². The summed E-state index contributed by atoms with van der Waals surface area (Å²) in [5.74, 6) is -2.39. The minimum atomic E-state index is -0.933. The quantitative estimate of drug-likeness (QED) is 0.172. The van der Waals surface area contributed by atoms with Gasteiger partial charge in [-0.3, -0.25) is 14.6 Å². The van der Waals surface area contributed by atoms with Gasteiger partial charge >= 0.3 is 5.97 Å². The number of amides is 1. The number of hydrogen-bond donors (Lipinski definition) is 2. The van der Waals surface area contributed by atoms with Crippen LogP contribution in [0.1, 0.15) is 74.7 Å². The predicted octanol–water partition coefficient (Wildman–Crippen LogP) is 7.23. The summed E-state index contributed by atoms with van der Waals surface area (Å²) >= 11 is 0. The van der Waals surface area contributed by atoms with E-state index in [2.05, 4.69) is 28.7 Å². The molecule has 2 aromatic carbocycles. The van der Waals surface area contributed by atoms with E-state index in [0.717, 1.165) is 33.5 Å². The van der Waals surface area contributed by atoms with E-state index in [-0.39, 0.29) is 30.3 Å². The van der Waals surface area contributed by atoms with E-state index >= 15 is 0 Å². The summed E-state index contributed by atoms with van der Waals surface area (Å²) in [7, 11) is 0. The third-order valence-electron chi connectivity index (χ3n) is 8.19. The summed E-state index contributed by atoms with van der Waals surface area (Å²) in [5, 5.41) is 12.6. The van der Waals surface area contributed by atoms with E-state index in [9.17, 15) is 19.1 Å². The summed E-state index contributed by atoms with van der Waals surface area (Å²) in [4.78, 5) is 29.9. The van der Waals surface area contributed by atoms with Crippen molar-refractivity contribution < 1.29 is 28.6 Å². The number of pyridine rings is 1. The second-order valence-corrected chi connectivity index (χ2v) is 12.5. The second-order valence-electron chi connectivity index (χ2n) is 12.5. The van der Waals surface area contributed by atoms with Crippen molar-refractivity contribution in [1.82, 2.24) is 14.9 Å². The van der Waals surface area contributed by atoms with Gasteiger partial charge in [-0.05, 0) is 81.8 Å². The van der Waals surface area contributed by atoms with Gasteiger partial charge in [0.15, 0.2) is 5.79 Å². The average molecular weight is 628 g/mol. The Labute approximate surface area is 269 Å². The van der Waals surface area contributed by atoms with Gasteiger partial charge in [0.1, 0.15) is 11.5 Å². The number of ether oxygens (including phenoxy) is 2. The van der Waals surface area contributed by atoms with Crippen LogP contribution in [-0.4, -0.2) is 51.1 Å². The van der Waals surface area contributed by atoms with Crippen molar-refractivity contribution in [3.63, 3.8) is 0 Å². The molecule has 242 valence electrons. The first kappa shape index (κ1) is 33.0. The molecule has 0 unspecified atom stereocenters. The van der Waals surface area contributed by atoms with E-state index in [1.54, 1.807) is 38.4 Å². The number of carbonyl (C=O) groups excluding carboxylic acids is 1. The standard InChI is InChI=1S/C37H42FN3O5/c1-24(2)41-31(17-16-29-21-30(22-32(42)43)46-37(3,4)45-29)33(27-12-14-28(38)15-13-27)34(26-10-6-5-7-11-26)35(41)36(44)40-20-18-25-9-8-19-39-23-25/h5-15,19,23-24,29-30H,16-18,20-22H2,1-4H3,(H,40,44)(H,42,43)/t29-,30-/m1/s1. The first-order chi connectivity index (χ1) is 22.0. The summed E-state index contributed by atoms with van der Waals surface area (Å²) < 4.78 is 28.5. The molecule has 0 radical (unpaired) electrons. The monoisotopic (exact) mass is 627 g/mol. The Hall–Kier alpha value is -4.34. The maximum absolute atomic E-state index is 14.2. The number of carboxylic acid groups (broad SMARTS) is 1. The summed E-state index contributed by atoms with van der Waals surface area (Å²) in [6.07, 6.45) is 4.87. The highest BCUT2D eigenvalue weighted by molar-refractivity contribution is 6.05. The maximum atomic E-state index is 14.2. The third-order valence-corrected chi connectivity index (χ3v) is 8.19. The van der Waals surface area contributed by atoms with Crippen LogP contribution in [0, 0.1) is 5.82 Å². The average Bonchev–Trinajstić information content (AvgIpc) is 3.36. The van der Waals surface area contributed by atoms with Crippen molar-refractivity contribution in [2.24, 2.45) is 0 Å². The highest BCUT2D eigenvalue weighted by atomic mass is 19.1. The molecular weight excluding hydrogens is 585 g/mol. The second kappa shape index (κ2) is 14.4. The van der Waals surface area contributed by atoms with E-state index in [1.165, 1.54) is 12.1 Å². The van der Waals surface area contributed by atoms with Crippen LogP contribution in [0.3, 0.4) is 0 Å². The first-order valence-electron chi connectivity index (χ1n) is 15.9. The number of aliphatic carboxylic acids is 1. The molecule has 1 aliphatic heterocycles. The zero-order chi connectivity index (χ0) is 32.8. The number of nitrogens with zero attached hydrogens (tertiary/aromatic N) is 2. The molecule has 46 heavy (non-hydrogen) atoms. The molecular formula is C37H42FN3O5. The van der Waals surface area contributed by atoms with E-state index in [0.29, 0.717) is 37.9 Å². The largest absolute Gasteiger partial charge is 0.481 e. The minimum absolute atomic E-state index is 0.0856. The number of nitrogens with one attached hydrogen (secondary N) is 1. The van der Waals surface area contributed by atoms with Crippen LogP contribution in [-0.2, 0) is 27.1 Å². The molecule has 1 saturated heterocycles. The SMILES string of the molecule is CC(C)n1c(CC[C@@H]2C[C@H](CC(=O)O)OC(C)(C)O2)c(-c2ccc(F)cc2)c(-c2ccccc2)c1C(=O)NCCc1cccnc1. The number of carboxylic acids is 1. The minimum Gasteiger partial charge on any atom is -0.481 e. The highest BCUT2D eigenvalue weighted by Crippen LogP contribution is 2.43. The van der Waals surface area contributed by atoms with Crippen molar-refractivity contribution >= 4 is 11.9 Å². The Morgan fingerprint density at radius 2 is 1.67 bits per heavy atom. The number of halogens is 1. The summed E-state index contributed by atoms with van der Waals surface area (Å²) in [5.41, 5.74) is 5.83. The van der Waals surface area contributed by atoms with Gasteiger partial charge in [-0.2, -0.15) is 0 Å². The fraction of sp³-hybridized carbons (Fsp3) is 0.378. The van der Waals surface area contributed by atoms with Crippen LogP contribution < -0.4 is 5.32 Å². The summed E-state index contributed by atoms with van der Waals surface area (Å²) in [6, 6.07) is 20.0. The number of aromatic nitrogens is 2. The van der Waals surface area contributed by atoms with Gasteiger partial charge in [0.25, 0.3) is 5.91 Å². The third kappa shape index (κ3) is 7.89. The maximum Gasteiger partial charge on any atom is 0.305 e. The van der Waals surface area contributed by atoms with Crippen LogP contribution in [0.2, 0.25) is 0 Å². The molecule has 9 heteroatoms. The lowest BCUT2D eigenvalue weighted by molar-refractivity contribution is -0.300. The van der Waals surface area contributed by atoms with Crippen molar-refractivity contribution in [1.29, 1.82) is 0 Å². The lowest BCUT2D eigenvalue weighted by atomic mass is 9.92. The molecule has 0 spiro atoms. The number of rotatable bonds is 12. The Bertz CT molecular complexity index is 1640. The topological polar surface area (TPSA) is 103 Å². The molecule has 2 atom stereocenters. The highest BCUT2D eigenvalue weighted by Gasteiger charge is 2.37. The predicted molar refractivity (Wildman–Crippen MR) is 175 cm³/mol. The molecule has 4 aromatic rings. The van der Waals surface area contributed by atoms with Crippen LogP contribution in [0.25, 0.3) is 22.3 Å². The lowest BCUT2D eigenvalue weighted by Gasteiger charge is -2.40. The van der Waals surface area contributed by atoms with Crippen LogP contribution >= 0.6 is 0 Å². The normalized spacial score (nSPS) is 17.6. The molecule has 3 heterocycles. The molecule has 2 aromatic heterocycles. The molecule has 0 saturated carbocycles. The van der Waals surface area contributed by atoms with Crippen LogP contribution in [0.4, 0.5) is 4.39 Å². The fourth-order valence-corrected chi connectivity index (χ4v) is 6.45. The van der Waals surface area contributed by atoms with Crippen molar-refractivity contribution in [2.75, 3.05) is 6.54 Å². The summed E-state index contributed by atoms with van der Waals surface area (Å²) in [6.45, 7) is 8.14. The molecule has 1 amide bonds. The molecule has 0 aliphatic carbocycles. The zero-order valence-electron chi connectivity index (χ0n) is 26.8. The number of carbonyl (C=O) groups is 2. The number of hydrogen-bond acceptors (Lipinski definition) is 5. The molecule has 8 nitrogen and oxygen atoms in total. The lowest BCUT2D eigenvalue weighted by Crippen LogP contribution is -2.45. The van der Waals surface area contributed by atoms with Crippen LogP contribution in [0.15, 0.2) is 79.1 Å². The molecule has 2 N–H and O–H groups in total. The van der Waals surface area contributed by atoms with Gasteiger partial charge in [-0.1, -0.05) is 48.5 Å². The Balaban J connectivity index is 1.59. The number of benzene rings is 2. The Morgan fingerprint density at radius 3 is 2.33 bits per heavy atom. The van der Waals surface area contributed by atoms with E-state index in [1.807, 2.05) is 42.5 Å². The molecule has 1 fully saturated rings.